The number of hydrogen-bond acceptors (Lipinski definition) is 5. The van der Waals surface area contributed by atoms with Gasteiger partial charge in [-0.2, -0.15) is 0 Å². The number of anilines is 1. The second kappa shape index (κ2) is 8.10. The maximum Gasteiger partial charge on any atom is 0.256 e. The number of ether oxygens (including phenoxy) is 2. The maximum absolute atomic E-state index is 13.2. The second-order valence-corrected chi connectivity index (χ2v) is 13.5. The molecule has 1 aliphatic rings. The number of nitrogens with zero attached hydrogens (tertiary/aromatic N) is 1. The van der Waals surface area contributed by atoms with Crippen LogP contribution in [-0.2, 0) is 4.43 Å². The van der Waals surface area contributed by atoms with Crippen LogP contribution in [0.5, 0.6) is 11.5 Å². The summed E-state index contributed by atoms with van der Waals surface area (Å²) in [6.07, 6.45) is 1.93. The van der Waals surface area contributed by atoms with Crippen LogP contribution in [0.3, 0.4) is 0 Å². The van der Waals surface area contributed by atoms with Gasteiger partial charge in [0.25, 0.3) is 5.91 Å². The molecule has 7 heteroatoms. The van der Waals surface area contributed by atoms with Gasteiger partial charge in [0.05, 0.1) is 32.4 Å². The van der Waals surface area contributed by atoms with Crippen LogP contribution < -0.4 is 15.2 Å². The molecule has 1 aromatic rings. The van der Waals surface area contributed by atoms with Gasteiger partial charge in [-0.1, -0.05) is 20.8 Å². The van der Waals surface area contributed by atoms with Crippen molar-refractivity contribution in [3.8, 4) is 11.5 Å². The van der Waals surface area contributed by atoms with E-state index in [0.717, 1.165) is 19.4 Å². The quantitative estimate of drug-likeness (QED) is 0.585. The van der Waals surface area contributed by atoms with E-state index in [1.807, 2.05) is 4.90 Å². The highest BCUT2D eigenvalue weighted by atomic mass is 28.4. The predicted molar refractivity (Wildman–Crippen MR) is 111 cm³/mol. The van der Waals surface area contributed by atoms with E-state index in [9.17, 15) is 4.79 Å². The number of nitrogens with two attached hydrogens (primary N) is 1. The molecule has 0 aromatic heterocycles. The van der Waals surface area contributed by atoms with E-state index >= 15 is 0 Å². The van der Waals surface area contributed by atoms with E-state index < -0.39 is 8.32 Å². The second-order valence-electron chi connectivity index (χ2n) is 8.66. The minimum Gasteiger partial charge on any atom is -0.493 e. The normalized spacial score (nSPS) is 17.9. The summed E-state index contributed by atoms with van der Waals surface area (Å²) >= 11 is 0. The zero-order valence-corrected chi connectivity index (χ0v) is 18.7. The highest BCUT2D eigenvalue weighted by Crippen LogP contribution is 2.37. The van der Waals surface area contributed by atoms with Gasteiger partial charge < -0.3 is 24.5 Å². The predicted octanol–water partition coefficient (Wildman–Crippen LogP) is 3.91. The minimum atomic E-state index is -1.85. The van der Waals surface area contributed by atoms with E-state index in [-0.39, 0.29) is 17.0 Å². The monoisotopic (exact) mass is 394 g/mol. The molecule has 1 aromatic carbocycles. The van der Waals surface area contributed by atoms with Gasteiger partial charge in [-0.05, 0) is 37.0 Å². The summed E-state index contributed by atoms with van der Waals surface area (Å²) in [6.45, 7) is 12.4. The SMILES string of the molecule is COc1cc(N)c(C(=O)N2CCC[C@H]2CO[Si](C)(C)C(C)(C)C)cc1OC. The molecular formula is C20H34N2O4Si. The van der Waals surface area contributed by atoms with Crippen molar-refractivity contribution in [2.45, 2.75) is 57.8 Å². The van der Waals surface area contributed by atoms with Crippen LogP contribution in [0.15, 0.2) is 12.1 Å². The van der Waals surface area contributed by atoms with Gasteiger partial charge in [-0.3, -0.25) is 4.79 Å². The Bertz CT molecular complexity index is 685. The molecule has 0 aliphatic carbocycles. The molecule has 1 fully saturated rings. The zero-order valence-electron chi connectivity index (χ0n) is 17.7. The van der Waals surface area contributed by atoms with Crippen molar-refractivity contribution in [1.82, 2.24) is 4.90 Å². The Balaban J connectivity index is 2.18. The number of carbonyl (C=O) groups is 1. The van der Waals surface area contributed by atoms with E-state index in [1.54, 1.807) is 26.4 Å². The summed E-state index contributed by atoms with van der Waals surface area (Å²) in [5.41, 5.74) is 6.98. The number of likely N-dealkylation sites (tertiary alicyclic amines) is 1. The van der Waals surface area contributed by atoms with Gasteiger partial charge in [-0.15, -0.1) is 0 Å². The Kier molecular flexibility index (Phi) is 6.47. The van der Waals surface area contributed by atoms with Crippen LogP contribution in [0.4, 0.5) is 5.69 Å². The van der Waals surface area contributed by atoms with Crippen LogP contribution >= 0.6 is 0 Å². The molecule has 1 saturated heterocycles. The smallest absolute Gasteiger partial charge is 0.256 e. The average molecular weight is 395 g/mol. The van der Waals surface area contributed by atoms with Gasteiger partial charge in [-0.25, -0.2) is 0 Å². The number of carbonyl (C=O) groups excluding carboxylic acids is 1. The first kappa shape index (κ1) is 21.6. The van der Waals surface area contributed by atoms with Crippen LogP contribution in [0.25, 0.3) is 0 Å². The first-order chi connectivity index (χ1) is 12.5. The van der Waals surface area contributed by atoms with Crippen molar-refractivity contribution < 1.29 is 18.7 Å². The van der Waals surface area contributed by atoms with Gasteiger partial charge >= 0.3 is 0 Å². The first-order valence-electron chi connectivity index (χ1n) is 9.48. The molecule has 1 aliphatic heterocycles. The Labute approximate surface area is 164 Å². The van der Waals surface area contributed by atoms with E-state index in [4.69, 9.17) is 19.6 Å². The van der Waals surface area contributed by atoms with Crippen molar-refractivity contribution in [3.63, 3.8) is 0 Å². The van der Waals surface area contributed by atoms with Gasteiger partial charge in [0.15, 0.2) is 19.8 Å². The standard InChI is InChI=1S/C20H34N2O4Si/c1-20(2,3)27(6,7)26-13-14-9-8-10-22(14)19(23)15-11-17(24-4)18(25-5)12-16(15)21/h11-12,14H,8-10,13,21H2,1-7H3/t14-/m0/s1. The van der Waals surface area contributed by atoms with Gasteiger partial charge in [0.2, 0.25) is 0 Å². The van der Waals surface area contributed by atoms with Crippen LogP contribution in [0, 0.1) is 0 Å². The average Bonchev–Trinajstić information content (AvgIpc) is 3.06. The third-order valence-corrected chi connectivity index (χ3v) is 10.4. The molecule has 0 spiro atoms. The highest BCUT2D eigenvalue weighted by Gasteiger charge is 2.39. The number of nitrogen functional groups attached to an aromatic ring is 1. The fourth-order valence-electron chi connectivity index (χ4n) is 3.03. The third-order valence-electron chi connectivity index (χ3n) is 5.87. The molecule has 0 radical (unpaired) electrons. The minimum absolute atomic E-state index is 0.0743. The molecule has 27 heavy (non-hydrogen) atoms. The van der Waals surface area contributed by atoms with Crippen molar-refractivity contribution in [1.29, 1.82) is 0 Å². The number of benzene rings is 1. The highest BCUT2D eigenvalue weighted by molar-refractivity contribution is 6.74. The molecule has 0 unspecified atom stereocenters. The lowest BCUT2D eigenvalue weighted by molar-refractivity contribution is 0.0684. The first-order valence-corrected chi connectivity index (χ1v) is 12.4. The third kappa shape index (κ3) is 4.58. The molecule has 152 valence electrons. The molecule has 0 bridgehead atoms. The van der Waals surface area contributed by atoms with Crippen molar-refractivity contribution in [2.24, 2.45) is 0 Å². The lowest BCUT2D eigenvalue weighted by atomic mass is 10.1. The molecular weight excluding hydrogens is 360 g/mol. The Morgan fingerprint density at radius 2 is 1.81 bits per heavy atom. The molecule has 1 atom stereocenters. The van der Waals surface area contributed by atoms with E-state index in [2.05, 4.69) is 33.9 Å². The van der Waals surface area contributed by atoms with Crippen LogP contribution in [0.1, 0.15) is 44.0 Å². The van der Waals surface area contributed by atoms with Gasteiger partial charge in [0, 0.05) is 18.3 Å². The largest absolute Gasteiger partial charge is 0.493 e. The fourth-order valence-corrected chi connectivity index (χ4v) is 4.07. The summed E-state index contributed by atoms with van der Waals surface area (Å²) < 4.78 is 17.0. The van der Waals surface area contributed by atoms with Gasteiger partial charge in [0.1, 0.15) is 0 Å². The summed E-state index contributed by atoms with van der Waals surface area (Å²) in [7, 11) is 1.25. The fraction of sp³-hybridized carbons (Fsp3) is 0.650. The van der Waals surface area contributed by atoms with Crippen molar-refractivity contribution in [2.75, 3.05) is 33.1 Å². The Morgan fingerprint density at radius 3 is 2.37 bits per heavy atom. The topological polar surface area (TPSA) is 74.0 Å². The lowest BCUT2D eigenvalue weighted by Crippen LogP contribution is -2.46. The number of rotatable bonds is 6. The Morgan fingerprint density at radius 1 is 1.22 bits per heavy atom. The molecule has 1 heterocycles. The van der Waals surface area contributed by atoms with Crippen molar-refractivity contribution >= 4 is 19.9 Å². The Hall–Kier alpha value is -1.73. The molecule has 2 N–H and O–H groups in total. The number of methoxy groups -OCH3 is 2. The molecule has 6 nitrogen and oxygen atoms in total. The summed E-state index contributed by atoms with van der Waals surface area (Å²) in [5, 5.41) is 0.147. The molecule has 1 amide bonds. The van der Waals surface area contributed by atoms with E-state index in [0.29, 0.717) is 29.4 Å². The summed E-state index contributed by atoms with van der Waals surface area (Å²) in [6, 6.07) is 3.39. The summed E-state index contributed by atoms with van der Waals surface area (Å²) in [5.74, 6) is 0.948. The zero-order chi connectivity index (χ0) is 20.4. The van der Waals surface area contributed by atoms with Crippen LogP contribution in [-0.4, -0.2) is 52.5 Å². The maximum atomic E-state index is 13.2. The van der Waals surface area contributed by atoms with Crippen LogP contribution in [0.2, 0.25) is 18.1 Å². The van der Waals surface area contributed by atoms with E-state index in [1.165, 1.54) is 0 Å². The molecule has 2 rings (SSSR count). The summed E-state index contributed by atoms with van der Waals surface area (Å²) in [4.78, 5) is 15.1. The molecule has 0 saturated carbocycles. The number of hydrogen-bond donors (Lipinski definition) is 1. The lowest BCUT2D eigenvalue weighted by Gasteiger charge is -2.38. The van der Waals surface area contributed by atoms with Crippen molar-refractivity contribution in [3.05, 3.63) is 17.7 Å². The number of amides is 1.